The molecule has 0 bridgehead atoms. The Bertz CT molecular complexity index is 1190. The maximum Gasteiger partial charge on any atom is 0.254 e. The molecule has 1 N–H and O–H groups in total. The Morgan fingerprint density at radius 2 is 2.09 bits per heavy atom. The number of benzene rings is 1. The molecule has 0 saturated carbocycles. The third-order valence-electron chi connectivity index (χ3n) is 6.69. The van der Waals surface area contributed by atoms with Crippen LogP contribution in [0.2, 0.25) is 0 Å². The van der Waals surface area contributed by atoms with Crippen LogP contribution < -0.4 is 4.74 Å². The molecule has 2 fully saturated rings. The van der Waals surface area contributed by atoms with Crippen molar-refractivity contribution >= 4 is 22.7 Å². The van der Waals surface area contributed by atoms with E-state index < -0.39 is 6.10 Å². The smallest absolute Gasteiger partial charge is 0.254 e. The number of carbonyl (C=O) groups is 2. The van der Waals surface area contributed by atoms with Crippen LogP contribution in [0.25, 0.3) is 10.9 Å². The van der Waals surface area contributed by atoms with Crippen molar-refractivity contribution in [1.82, 2.24) is 19.8 Å². The highest BCUT2D eigenvalue weighted by Gasteiger charge is 2.34. The number of aliphatic hydroxyl groups excluding tert-OH is 1. The number of pyridine rings is 2. The molecule has 8 heteroatoms. The number of ether oxygens (including phenoxy) is 1. The third-order valence-corrected chi connectivity index (χ3v) is 6.69. The molecule has 2 amide bonds. The van der Waals surface area contributed by atoms with Crippen molar-refractivity contribution in [2.24, 2.45) is 5.92 Å². The predicted molar refractivity (Wildman–Crippen MR) is 126 cm³/mol. The normalized spacial score (nSPS) is 20.3. The van der Waals surface area contributed by atoms with Crippen LogP contribution in [0.15, 0.2) is 55.0 Å². The van der Waals surface area contributed by atoms with Crippen molar-refractivity contribution in [3.63, 3.8) is 0 Å². The minimum Gasteiger partial charge on any atom is -0.492 e. The Labute approximate surface area is 198 Å². The second-order valence-electron chi connectivity index (χ2n) is 8.97. The molecule has 0 spiro atoms. The van der Waals surface area contributed by atoms with Gasteiger partial charge in [-0.2, -0.15) is 0 Å². The Balaban J connectivity index is 1.21. The van der Waals surface area contributed by atoms with Gasteiger partial charge in [-0.05, 0) is 48.7 Å². The Hall–Kier alpha value is -3.52. The summed E-state index contributed by atoms with van der Waals surface area (Å²) < 4.78 is 5.81. The summed E-state index contributed by atoms with van der Waals surface area (Å²) in [5, 5.41) is 11.7. The molecule has 0 radical (unpaired) electrons. The lowest BCUT2D eigenvalue weighted by Gasteiger charge is -2.18. The van der Waals surface area contributed by atoms with Gasteiger partial charge < -0.3 is 19.6 Å². The van der Waals surface area contributed by atoms with Crippen molar-refractivity contribution in [3.05, 3.63) is 66.1 Å². The summed E-state index contributed by atoms with van der Waals surface area (Å²) >= 11 is 0. The third kappa shape index (κ3) is 4.72. The van der Waals surface area contributed by atoms with E-state index in [0.717, 1.165) is 29.4 Å². The largest absolute Gasteiger partial charge is 0.492 e. The molecule has 2 aromatic heterocycles. The van der Waals surface area contributed by atoms with E-state index in [4.69, 9.17) is 4.74 Å². The number of fused-ring (bicyclic) bond motifs is 1. The summed E-state index contributed by atoms with van der Waals surface area (Å²) in [6, 6.07) is 10.9. The van der Waals surface area contributed by atoms with Gasteiger partial charge in [-0.25, -0.2) is 0 Å². The van der Waals surface area contributed by atoms with E-state index in [1.807, 2.05) is 23.1 Å². The fourth-order valence-electron chi connectivity index (χ4n) is 4.84. The first-order chi connectivity index (χ1) is 16.6. The van der Waals surface area contributed by atoms with Crippen molar-refractivity contribution in [2.45, 2.75) is 25.4 Å². The van der Waals surface area contributed by atoms with Gasteiger partial charge in [0.1, 0.15) is 12.4 Å². The first kappa shape index (κ1) is 22.3. The van der Waals surface area contributed by atoms with Gasteiger partial charge in [0.25, 0.3) is 5.91 Å². The number of hydrogen-bond acceptors (Lipinski definition) is 6. The first-order valence-corrected chi connectivity index (χ1v) is 11.7. The van der Waals surface area contributed by atoms with Crippen molar-refractivity contribution < 1.29 is 19.4 Å². The zero-order valence-corrected chi connectivity index (χ0v) is 19.0. The SMILES string of the molecule is O=C1CCCN1CCOc1cccc(C(=O)N2C[C@@H](Cc3ccnc4ccncc34)[C@@H](O)C2)c1. The van der Waals surface area contributed by atoms with Gasteiger partial charge in [0.05, 0.1) is 18.2 Å². The van der Waals surface area contributed by atoms with Crippen LogP contribution in [-0.4, -0.2) is 75.6 Å². The van der Waals surface area contributed by atoms with Crippen LogP contribution >= 0.6 is 0 Å². The van der Waals surface area contributed by atoms with Crippen molar-refractivity contribution in [2.75, 3.05) is 32.8 Å². The van der Waals surface area contributed by atoms with Crippen LogP contribution in [0, 0.1) is 5.92 Å². The topological polar surface area (TPSA) is 95.9 Å². The molecule has 8 nitrogen and oxygen atoms in total. The average Bonchev–Trinajstić information content (AvgIpc) is 3.44. The zero-order chi connectivity index (χ0) is 23.5. The Morgan fingerprint density at radius 1 is 1.18 bits per heavy atom. The molecule has 2 atom stereocenters. The lowest BCUT2D eigenvalue weighted by Crippen LogP contribution is -2.30. The monoisotopic (exact) mass is 460 g/mol. The molecule has 34 heavy (non-hydrogen) atoms. The van der Waals surface area contributed by atoms with Gasteiger partial charge in [0, 0.05) is 61.5 Å². The second-order valence-corrected chi connectivity index (χ2v) is 8.97. The Kier molecular flexibility index (Phi) is 6.40. The number of nitrogens with zero attached hydrogens (tertiary/aromatic N) is 4. The molecule has 176 valence electrons. The van der Waals surface area contributed by atoms with Gasteiger partial charge in [-0.15, -0.1) is 0 Å². The molecule has 2 aliphatic rings. The van der Waals surface area contributed by atoms with E-state index in [9.17, 15) is 14.7 Å². The molecule has 0 unspecified atom stereocenters. The van der Waals surface area contributed by atoms with Gasteiger partial charge >= 0.3 is 0 Å². The molecule has 1 aromatic carbocycles. The molecule has 4 heterocycles. The maximum atomic E-state index is 13.2. The summed E-state index contributed by atoms with van der Waals surface area (Å²) in [6.45, 7) is 2.50. The number of likely N-dealkylation sites (tertiary alicyclic amines) is 2. The number of aromatic nitrogens is 2. The highest BCUT2D eigenvalue weighted by molar-refractivity contribution is 5.95. The Morgan fingerprint density at radius 3 is 2.94 bits per heavy atom. The quantitative estimate of drug-likeness (QED) is 0.581. The van der Waals surface area contributed by atoms with Gasteiger partial charge in [-0.3, -0.25) is 19.6 Å². The van der Waals surface area contributed by atoms with Crippen LogP contribution in [-0.2, 0) is 11.2 Å². The van der Waals surface area contributed by atoms with Gasteiger partial charge in [0.2, 0.25) is 5.91 Å². The number of rotatable bonds is 7. The number of amides is 2. The van der Waals surface area contributed by atoms with E-state index in [2.05, 4.69) is 9.97 Å². The number of carbonyl (C=O) groups excluding carboxylic acids is 2. The first-order valence-electron chi connectivity index (χ1n) is 11.7. The number of aliphatic hydroxyl groups is 1. The van der Waals surface area contributed by atoms with Crippen LogP contribution in [0.1, 0.15) is 28.8 Å². The predicted octanol–water partition coefficient (Wildman–Crippen LogP) is 2.31. The second kappa shape index (κ2) is 9.77. The highest BCUT2D eigenvalue weighted by Crippen LogP contribution is 2.26. The van der Waals surface area contributed by atoms with E-state index in [0.29, 0.717) is 50.4 Å². The number of hydrogen-bond donors (Lipinski definition) is 1. The lowest BCUT2D eigenvalue weighted by molar-refractivity contribution is -0.128. The minimum absolute atomic E-state index is 0.0628. The molecule has 2 saturated heterocycles. The van der Waals surface area contributed by atoms with Crippen LogP contribution in [0.4, 0.5) is 0 Å². The fraction of sp³-hybridized carbons (Fsp3) is 0.385. The van der Waals surface area contributed by atoms with E-state index in [1.54, 1.807) is 41.7 Å². The van der Waals surface area contributed by atoms with Gasteiger partial charge in [-0.1, -0.05) is 6.07 Å². The molecule has 2 aliphatic heterocycles. The zero-order valence-electron chi connectivity index (χ0n) is 19.0. The molecular weight excluding hydrogens is 432 g/mol. The summed E-state index contributed by atoms with van der Waals surface area (Å²) in [6.07, 6.45) is 6.85. The highest BCUT2D eigenvalue weighted by atomic mass is 16.5. The standard InChI is InChI=1S/C26H28N4O4/c31-24-17-30(16-20(24)13-18-6-9-28-23-7-8-27-15-22(18)23)26(33)19-3-1-4-21(14-19)34-12-11-29-10-2-5-25(29)32/h1,3-4,6-9,14-15,20,24,31H,2,5,10-13,16-17H2/t20-,24+/m1/s1. The lowest BCUT2D eigenvalue weighted by atomic mass is 9.95. The molecular formula is C26H28N4O4. The van der Waals surface area contributed by atoms with Crippen molar-refractivity contribution in [3.8, 4) is 5.75 Å². The summed E-state index contributed by atoms with van der Waals surface area (Å²) in [5.74, 6) is 0.588. The van der Waals surface area contributed by atoms with E-state index in [-0.39, 0.29) is 17.7 Å². The molecule has 3 aromatic rings. The summed E-state index contributed by atoms with van der Waals surface area (Å²) in [4.78, 5) is 37.0. The average molecular weight is 461 g/mol. The van der Waals surface area contributed by atoms with Gasteiger partial charge in [0.15, 0.2) is 0 Å². The summed E-state index contributed by atoms with van der Waals surface area (Å²) in [7, 11) is 0. The molecule has 0 aliphatic carbocycles. The fourth-order valence-corrected chi connectivity index (χ4v) is 4.84. The summed E-state index contributed by atoms with van der Waals surface area (Å²) in [5.41, 5.74) is 2.48. The van der Waals surface area contributed by atoms with Crippen molar-refractivity contribution in [1.29, 1.82) is 0 Å². The van der Waals surface area contributed by atoms with E-state index >= 15 is 0 Å². The molecule has 5 rings (SSSR count). The van der Waals surface area contributed by atoms with E-state index in [1.165, 1.54) is 0 Å². The maximum absolute atomic E-state index is 13.2. The van der Waals surface area contributed by atoms with Crippen LogP contribution in [0.5, 0.6) is 5.75 Å². The number of β-amino-alcohol motifs (C(OH)–C–C–N with tert-alkyl or cyclic N) is 1. The van der Waals surface area contributed by atoms with Crippen LogP contribution in [0.3, 0.4) is 0 Å². The minimum atomic E-state index is -0.596.